The van der Waals surface area contributed by atoms with Crippen molar-refractivity contribution in [1.29, 1.82) is 0 Å². The number of nitrogens with two attached hydrogens (primary N) is 1. The Bertz CT molecular complexity index is 588. The Morgan fingerprint density at radius 1 is 1.05 bits per heavy atom. The molecule has 0 heterocycles. The number of esters is 1. The minimum atomic E-state index is -0.405. The predicted octanol–water partition coefficient (Wildman–Crippen LogP) is 2.92. The SMILES string of the molecule is COC(=O)C(c1ccccc1)c1ccc(C=CN)cc1. The largest absolute Gasteiger partial charge is 0.468 e. The molecule has 1 unspecified atom stereocenters. The molecule has 0 fully saturated rings. The fourth-order valence-electron chi connectivity index (χ4n) is 2.14. The Morgan fingerprint density at radius 2 is 1.65 bits per heavy atom. The molecule has 0 saturated carbocycles. The van der Waals surface area contributed by atoms with Gasteiger partial charge in [-0.2, -0.15) is 0 Å². The van der Waals surface area contributed by atoms with E-state index in [2.05, 4.69) is 0 Å². The average Bonchev–Trinajstić information content (AvgIpc) is 2.50. The highest BCUT2D eigenvalue weighted by molar-refractivity contribution is 5.82. The summed E-state index contributed by atoms with van der Waals surface area (Å²) in [5.74, 6) is -0.671. The molecule has 102 valence electrons. The van der Waals surface area contributed by atoms with Crippen molar-refractivity contribution in [2.24, 2.45) is 5.73 Å². The van der Waals surface area contributed by atoms with E-state index >= 15 is 0 Å². The Kier molecular flexibility index (Phi) is 4.56. The molecule has 0 aliphatic rings. The van der Waals surface area contributed by atoms with Crippen molar-refractivity contribution in [3.05, 3.63) is 77.5 Å². The summed E-state index contributed by atoms with van der Waals surface area (Å²) in [5.41, 5.74) is 8.18. The normalized spacial score (nSPS) is 12.2. The fraction of sp³-hybridized carbons (Fsp3) is 0.118. The second-order valence-corrected chi connectivity index (χ2v) is 4.39. The number of hydrogen-bond donors (Lipinski definition) is 1. The Labute approximate surface area is 118 Å². The van der Waals surface area contributed by atoms with E-state index in [-0.39, 0.29) is 5.97 Å². The number of hydrogen-bond acceptors (Lipinski definition) is 3. The maximum absolute atomic E-state index is 12.1. The number of carbonyl (C=O) groups is 1. The highest BCUT2D eigenvalue weighted by Gasteiger charge is 2.23. The van der Waals surface area contributed by atoms with Crippen LogP contribution in [0.1, 0.15) is 22.6 Å². The zero-order valence-corrected chi connectivity index (χ0v) is 11.3. The first-order valence-electron chi connectivity index (χ1n) is 6.37. The molecule has 0 saturated heterocycles. The first kappa shape index (κ1) is 13.9. The van der Waals surface area contributed by atoms with E-state index in [1.807, 2.05) is 54.6 Å². The van der Waals surface area contributed by atoms with E-state index in [9.17, 15) is 4.79 Å². The van der Waals surface area contributed by atoms with Crippen molar-refractivity contribution >= 4 is 12.0 Å². The van der Waals surface area contributed by atoms with Gasteiger partial charge in [0, 0.05) is 0 Å². The third-order valence-electron chi connectivity index (χ3n) is 3.13. The van der Waals surface area contributed by atoms with Gasteiger partial charge in [0.25, 0.3) is 0 Å². The van der Waals surface area contributed by atoms with Crippen LogP contribution in [0.25, 0.3) is 6.08 Å². The third kappa shape index (κ3) is 3.06. The molecule has 0 spiro atoms. The van der Waals surface area contributed by atoms with Gasteiger partial charge in [0.1, 0.15) is 5.92 Å². The van der Waals surface area contributed by atoms with Gasteiger partial charge in [-0.1, -0.05) is 54.6 Å². The van der Waals surface area contributed by atoms with Gasteiger partial charge in [0.15, 0.2) is 0 Å². The molecule has 0 amide bonds. The molecule has 1 atom stereocenters. The first-order chi connectivity index (χ1) is 9.76. The van der Waals surface area contributed by atoms with Crippen LogP contribution in [0.4, 0.5) is 0 Å². The molecule has 2 rings (SSSR count). The van der Waals surface area contributed by atoms with E-state index < -0.39 is 5.92 Å². The molecule has 0 aliphatic heterocycles. The molecular weight excluding hydrogens is 250 g/mol. The van der Waals surface area contributed by atoms with Crippen molar-refractivity contribution < 1.29 is 9.53 Å². The van der Waals surface area contributed by atoms with Gasteiger partial charge >= 0.3 is 5.97 Å². The van der Waals surface area contributed by atoms with E-state index in [0.29, 0.717) is 0 Å². The Morgan fingerprint density at radius 3 is 2.20 bits per heavy atom. The summed E-state index contributed by atoms with van der Waals surface area (Å²) < 4.78 is 4.93. The second kappa shape index (κ2) is 6.57. The molecule has 0 aliphatic carbocycles. The van der Waals surface area contributed by atoms with Crippen LogP contribution < -0.4 is 5.73 Å². The lowest BCUT2D eigenvalue weighted by Gasteiger charge is -2.15. The maximum atomic E-state index is 12.1. The molecular formula is C17H17NO2. The van der Waals surface area contributed by atoms with Crippen molar-refractivity contribution in [1.82, 2.24) is 0 Å². The zero-order valence-electron chi connectivity index (χ0n) is 11.3. The number of rotatable bonds is 4. The summed E-state index contributed by atoms with van der Waals surface area (Å²) in [7, 11) is 1.41. The van der Waals surface area contributed by atoms with Gasteiger partial charge in [-0.3, -0.25) is 4.79 Å². The molecule has 2 N–H and O–H groups in total. The molecule has 20 heavy (non-hydrogen) atoms. The fourth-order valence-corrected chi connectivity index (χ4v) is 2.14. The standard InChI is InChI=1S/C17H17NO2/c1-20-17(19)16(14-5-3-2-4-6-14)15-9-7-13(8-10-15)11-12-18/h2-12,16H,18H2,1H3. The lowest BCUT2D eigenvalue weighted by molar-refractivity contribution is -0.141. The summed E-state index contributed by atoms with van der Waals surface area (Å²) in [6.07, 6.45) is 3.30. The predicted molar refractivity (Wildman–Crippen MR) is 80.0 cm³/mol. The quantitative estimate of drug-likeness (QED) is 0.866. The summed E-state index contributed by atoms with van der Waals surface area (Å²) >= 11 is 0. The van der Waals surface area contributed by atoms with E-state index in [1.165, 1.54) is 13.3 Å². The molecule has 2 aromatic carbocycles. The van der Waals surface area contributed by atoms with Gasteiger partial charge < -0.3 is 10.5 Å². The molecule has 3 nitrogen and oxygen atoms in total. The summed E-state index contributed by atoms with van der Waals surface area (Å²) in [5, 5.41) is 0. The number of ether oxygens (including phenoxy) is 1. The minimum absolute atomic E-state index is 0.265. The van der Waals surface area contributed by atoms with E-state index in [0.717, 1.165) is 16.7 Å². The van der Waals surface area contributed by atoms with Crippen molar-refractivity contribution in [2.45, 2.75) is 5.92 Å². The Balaban J connectivity index is 2.39. The van der Waals surface area contributed by atoms with Gasteiger partial charge in [0.05, 0.1) is 7.11 Å². The van der Waals surface area contributed by atoms with E-state index in [1.54, 1.807) is 6.08 Å². The van der Waals surface area contributed by atoms with Crippen LogP contribution in [0.2, 0.25) is 0 Å². The van der Waals surface area contributed by atoms with Crippen LogP contribution in [0, 0.1) is 0 Å². The van der Waals surface area contributed by atoms with Crippen molar-refractivity contribution in [2.75, 3.05) is 7.11 Å². The van der Waals surface area contributed by atoms with Crippen LogP contribution in [-0.4, -0.2) is 13.1 Å². The molecule has 0 aromatic heterocycles. The highest BCUT2D eigenvalue weighted by Crippen LogP contribution is 2.26. The van der Waals surface area contributed by atoms with Crippen LogP contribution in [0.3, 0.4) is 0 Å². The number of benzene rings is 2. The van der Waals surface area contributed by atoms with E-state index in [4.69, 9.17) is 10.5 Å². The first-order valence-corrected chi connectivity index (χ1v) is 6.37. The van der Waals surface area contributed by atoms with Crippen LogP contribution in [0.15, 0.2) is 60.8 Å². The van der Waals surface area contributed by atoms with Crippen molar-refractivity contribution in [3.8, 4) is 0 Å². The topological polar surface area (TPSA) is 52.3 Å². The highest BCUT2D eigenvalue weighted by atomic mass is 16.5. The van der Waals surface area contributed by atoms with Crippen LogP contribution in [-0.2, 0) is 9.53 Å². The summed E-state index contributed by atoms with van der Waals surface area (Å²) in [6.45, 7) is 0. The molecule has 2 aromatic rings. The van der Waals surface area contributed by atoms with Gasteiger partial charge in [-0.05, 0) is 29.0 Å². The van der Waals surface area contributed by atoms with Crippen molar-refractivity contribution in [3.63, 3.8) is 0 Å². The third-order valence-corrected chi connectivity index (χ3v) is 3.13. The van der Waals surface area contributed by atoms with Gasteiger partial charge in [-0.25, -0.2) is 0 Å². The monoisotopic (exact) mass is 267 g/mol. The Hall–Kier alpha value is -2.55. The summed E-state index contributed by atoms with van der Waals surface area (Å²) in [6, 6.07) is 17.3. The molecule has 0 radical (unpaired) electrons. The zero-order chi connectivity index (χ0) is 14.4. The van der Waals surface area contributed by atoms with Crippen LogP contribution in [0.5, 0.6) is 0 Å². The average molecular weight is 267 g/mol. The lowest BCUT2D eigenvalue weighted by Crippen LogP contribution is -2.15. The maximum Gasteiger partial charge on any atom is 0.317 e. The summed E-state index contributed by atoms with van der Waals surface area (Å²) in [4.78, 5) is 12.1. The second-order valence-electron chi connectivity index (χ2n) is 4.39. The molecule has 0 bridgehead atoms. The van der Waals surface area contributed by atoms with Gasteiger partial charge in [0.2, 0.25) is 0 Å². The smallest absolute Gasteiger partial charge is 0.317 e. The molecule has 3 heteroatoms. The lowest BCUT2D eigenvalue weighted by atomic mass is 9.91. The number of methoxy groups -OCH3 is 1. The number of carbonyl (C=O) groups excluding carboxylic acids is 1. The van der Waals surface area contributed by atoms with Crippen LogP contribution >= 0.6 is 0 Å². The van der Waals surface area contributed by atoms with Gasteiger partial charge in [-0.15, -0.1) is 0 Å². The minimum Gasteiger partial charge on any atom is -0.468 e.